The summed E-state index contributed by atoms with van der Waals surface area (Å²) in [4.78, 5) is 19.5. The Bertz CT molecular complexity index is 739. The number of fused-ring (bicyclic) bond motifs is 1. The van der Waals surface area contributed by atoms with E-state index in [1.54, 1.807) is 6.92 Å². The molecule has 3 rings (SSSR count). The molecule has 1 aromatic heterocycles. The summed E-state index contributed by atoms with van der Waals surface area (Å²) in [5, 5.41) is 11.0. The van der Waals surface area contributed by atoms with E-state index in [-0.39, 0.29) is 11.9 Å². The summed E-state index contributed by atoms with van der Waals surface area (Å²) < 4.78 is 0. The van der Waals surface area contributed by atoms with E-state index in [2.05, 4.69) is 4.98 Å². The Kier molecular flexibility index (Phi) is 4.35. The van der Waals surface area contributed by atoms with Gasteiger partial charge in [-0.15, -0.1) is 0 Å². The van der Waals surface area contributed by atoms with Crippen LogP contribution in [0, 0.1) is 13.8 Å². The van der Waals surface area contributed by atoms with Crippen molar-refractivity contribution in [1.29, 1.82) is 0 Å². The number of carbonyl (C=O) groups is 1. The van der Waals surface area contributed by atoms with Gasteiger partial charge >= 0.3 is 0 Å². The van der Waals surface area contributed by atoms with Crippen molar-refractivity contribution in [3.8, 4) is 0 Å². The van der Waals surface area contributed by atoms with Gasteiger partial charge in [-0.3, -0.25) is 9.78 Å². The summed E-state index contributed by atoms with van der Waals surface area (Å²) in [5.41, 5.74) is 3.48. The van der Waals surface area contributed by atoms with Crippen LogP contribution in [0.3, 0.4) is 0 Å². The fraction of sp³-hybridized carbons (Fsp3) is 0.474. The molecule has 2 heterocycles. The second kappa shape index (κ2) is 6.28. The predicted octanol–water partition coefficient (Wildman–Crippen LogP) is 3.23. The van der Waals surface area contributed by atoms with Crippen LogP contribution in [-0.4, -0.2) is 39.6 Å². The Balaban J connectivity index is 1.99. The summed E-state index contributed by atoms with van der Waals surface area (Å²) in [6.07, 6.45) is 2.42. The Morgan fingerprint density at radius 2 is 2.09 bits per heavy atom. The van der Waals surface area contributed by atoms with E-state index in [9.17, 15) is 9.90 Å². The van der Waals surface area contributed by atoms with Gasteiger partial charge in [-0.2, -0.15) is 0 Å². The quantitative estimate of drug-likeness (QED) is 0.926. The van der Waals surface area contributed by atoms with Gasteiger partial charge in [0.15, 0.2) is 0 Å². The van der Waals surface area contributed by atoms with Gasteiger partial charge in [0.2, 0.25) is 0 Å². The molecule has 4 nitrogen and oxygen atoms in total. The maximum Gasteiger partial charge on any atom is 0.256 e. The highest BCUT2D eigenvalue weighted by atomic mass is 16.3. The van der Waals surface area contributed by atoms with Crippen molar-refractivity contribution in [2.24, 2.45) is 0 Å². The number of piperidine rings is 1. The van der Waals surface area contributed by atoms with Crippen LogP contribution in [0.1, 0.15) is 47.8 Å². The van der Waals surface area contributed by atoms with Crippen LogP contribution < -0.4 is 0 Å². The number of aliphatic hydroxyl groups excluding tert-OH is 1. The second-order valence-electron chi connectivity index (χ2n) is 6.62. The first-order valence-electron chi connectivity index (χ1n) is 8.34. The molecule has 1 N–H and O–H groups in total. The van der Waals surface area contributed by atoms with Crippen molar-refractivity contribution in [3.05, 3.63) is 41.1 Å². The van der Waals surface area contributed by atoms with E-state index in [0.29, 0.717) is 12.1 Å². The number of hydrogen-bond donors (Lipinski definition) is 1. The lowest BCUT2D eigenvalue weighted by Gasteiger charge is -2.37. The van der Waals surface area contributed by atoms with Crippen LogP contribution in [0.2, 0.25) is 0 Å². The van der Waals surface area contributed by atoms with Crippen LogP contribution in [0.15, 0.2) is 24.3 Å². The summed E-state index contributed by atoms with van der Waals surface area (Å²) >= 11 is 0. The van der Waals surface area contributed by atoms with E-state index in [1.807, 2.05) is 43.0 Å². The lowest BCUT2D eigenvalue weighted by molar-refractivity contribution is 0.0280. The average molecular weight is 312 g/mol. The van der Waals surface area contributed by atoms with Gasteiger partial charge in [0.25, 0.3) is 5.91 Å². The Labute approximate surface area is 137 Å². The van der Waals surface area contributed by atoms with Crippen molar-refractivity contribution in [1.82, 2.24) is 9.88 Å². The molecule has 0 spiro atoms. The first-order chi connectivity index (χ1) is 11.0. The highest BCUT2D eigenvalue weighted by Crippen LogP contribution is 2.25. The number of likely N-dealkylation sites (tertiary alicyclic amines) is 1. The van der Waals surface area contributed by atoms with Gasteiger partial charge in [0, 0.05) is 11.9 Å². The minimum Gasteiger partial charge on any atom is -0.391 e. The molecule has 1 aliphatic heterocycles. The molecule has 0 saturated carbocycles. The van der Waals surface area contributed by atoms with Crippen molar-refractivity contribution in [2.45, 2.75) is 52.2 Å². The molecule has 1 fully saturated rings. The number of aryl methyl sites for hydroxylation is 2. The van der Waals surface area contributed by atoms with Crippen molar-refractivity contribution < 1.29 is 9.90 Å². The van der Waals surface area contributed by atoms with Gasteiger partial charge in [-0.05, 0) is 57.7 Å². The molecule has 0 radical (unpaired) electrons. The van der Waals surface area contributed by atoms with Crippen molar-refractivity contribution in [3.63, 3.8) is 0 Å². The smallest absolute Gasteiger partial charge is 0.256 e. The summed E-state index contributed by atoms with van der Waals surface area (Å²) in [5.74, 6) is -0.0110. The molecule has 1 aromatic carbocycles. The minimum absolute atomic E-state index is 0.0110. The normalized spacial score (nSPS) is 19.8. The van der Waals surface area contributed by atoms with Gasteiger partial charge in [0.1, 0.15) is 0 Å². The maximum atomic E-state index is 13.0. The maximum absolute atomic E-state index is 13.0. The SMILES string of the molecule is Cc1ccc2cc(C(=O)N3CCCCC3C(C)O)c(C)nc2c1. The fourth-order valence-corrected chi connectivity index (χ4v) is 3.46. The molecule has 4 heteroatoms. The molecular formula is C19H24N2O2. The Morgan fingerprint density at radius 3 is 2.83 bits per heavy atom. The lowest BCUT2D eigenvalue weighted by Crippen LogP contribution is -2.49. The van der Waals surface area contributed by atoms with E-state index in [4.69, 9.17) is 0 Å². The van der Waals surface area contributed by atoms with E-state index >= 15 is 0 Å². The van der Waals surface area contributed by atoms with Crippen LogP contribution in [0.5, 0.6) is 0 Å². The molecule has 1 saturated heterocycles. The fourth-order valence-electron chi connectivity index (χ4n) is 3.46. The third-order valence-electron chi connectivity index (χ3n) is 4.76. The molecule has 122 valence electrons. The lowest BCUT2D eigenvalue weighted by atomic mass is 9.96. The molecule has 2 unspecified atom stereocenters. The number of carbonyl (C=O) groups excluding carboxylic acids is 1. The van der Waals surface area contributed by atoms with Crippen LogP contribution in [0.25, 0.3) is 10.9 Å². The monoisotopic (exact) mass is 312 g/mol. The third kappa shape index (κ3) is 3.08. The topological polar surface area (TPSA) is 53.4 Å². The molecule has 1 amide bonds. The zero-order valence-electron chi connectivity index (χ0n) is 14.0. The van der Waals surface area contributed by atoms with Gasteiger partial charge in [0.05, 0.1) is 28.9 Å². The number of nitrogens with zero attached hydrogens (tertiary/aromatic N) is 2. The summed E-state index contributed by atoms with van der Waals surface area (Å²) in [7, 11) is 0. The number of amides is 1. The summed E-state index contributed by atoms with van der Waals surface area (Å²) in [6, 6.07) is 7.93. The number of hydrogen-bond acceptors (Lipinski definition) is 3. The number of rotatable bonds is 2. The third-order valence-corrected chi connectivity index (χ3v) is 4.76. The molecule has 1 aliphatic rings. The first kappa shape index (κ1) is 15.9. The average Bonchev–Trinajstić information content (AvgIpc) is 2.53. The van der Waals surface area contributed by atoms with E-state index in [0.717, 1.165) is 41.4 Å². The van der Waals surface area contributed by atoms with E-state index in [1.165, 1.54) is 0 Å². The Hall–Kier alpha value is -1.94. The molecule has 0 bridgehead atoms. The molecule has 2 atom stereocenters. The van der Waals surface area contributed by atoms with Crippen molar-refractivity contribution in [2.75, 3.05) is 6.54 Å². The van der Waals surface area contributed by atoms with Crippen molar-refractivity contribution >= 4 is 16.8 Å². The van der Waals surface area contributed by atoms with Crippen LogP contribution >= 0.6 is 0 Å². The van der Waals surface area contributed by atoms with Gasteiger partial charge in [-0.25, -0.2) is 0 Å². The first-order valence-corrected chi connectivity index (χ1v) is 8.34. The van der Waals surface area contributed by atoms with Crippen LogP contribution in [-0.2, 0) is 0 Å². The highest BCUT2D eigenvalue weighted by Gasteiger charge is 2.31. The second-order valence-corrected chi connectivity index (χ2v) is 6.62. The largest absolute Gasteiger partial charge is 0.391 e. The number of aliphatic hydroxyl groups is 1. The number of pyridine rings is 1. The predicted molar refractivity (Wildman–Crippen MR) is 91.6 cm³/mol. The minimum atomic E-state index is -0.504. The molecule has 23 heavy (non-hydrogen) atoms. The molecule has 2 aromatic rings. The zero-order chi connectivity index (χ0) is 16.6. The summed E-state index contributed by atoms with van der Waals surface area (Å²) in [6.45, 7) is 6.40. The number of aromatic nitrogens is 1. The standard InChI is InChI=1S/C19H24N2O2/c1-12-7-8-15-11-16(13(2)20-17(15)10-12)19(23)21-9-5-4-6-18(21)14(3)22/h7-8,10-11,14,18,22H,4-6,9H2,1-3H3. The van der Waals surface area contributed by atoms with Gasteiger partial charge in [-0.1, -0.05) is 12.1 Å². The number of benzene rings is 1. The van der Waals surface area contributed by atoms with Crippen LogP contribution in [0.4, 0.5) is 0 Å². The Morgan fingerprint density at radius 1 is 1.30 bits per heavy atom. The zero-order valence-corrected chi connectivity index (χ0v) is 14.0. The highest BCUT2D eigenvalue weighted by molar-refractivity contribution is 5.99. The van der Waals surface area contributed by atoms with Gasteiger partial charge < -0.3 is 10.0 Å². The molecular weight excluding hydrogens is 288 g/mol. The van der Waals surface area contributed by atoms with E-state index < -0.39 is 6.10 Å². The molecule has 0 aliphatic carbocycles.